The number of methoxy groups -OCH3 is 1. The smallest absolute Gasteiger partial charge is 0.214 e. The van der Waals surface area contributed by atoms with Crippen molar-refractivity contribution in [1.82, 2.24) is 9.80 Å². The number of rotatable bonds is 13. The molecule has 0 atom stereocenters. The average molecular weight is 668 g/mol. The standard InChI is InChI=1S/C17H25N3O.C6H15NS3.Re/c1-18-10-6-3-7-11-19-12-14-20(15-13-19)16-8-4-5-9-17(16)21-2;8-4-1-7(2-5-9)3-6-10;/h4-5,8-9H,3,6-7,10-15H2,2H3;8-10H,1-6H2;/p-3. The van der Waals surface area contributed by atoms with E-state index in [1.165, 1.54) is 18.5 Å². The number of benzene rings is 1. The van der Waals surface area contributed by atoms with Crippen LogP contribution < -0.4 is 9.64 Å². The summed E-state index contributed by atoms with van der Waals surface area (Å²) in [6.45, 7) is 15.8. The van der Waals surface area contributed by atoms with Crippen LogP contribution in [-0.4, -0.2) is 93.1 Å². The van der Waals surface area contributed by atoms with Gasteiger partial charge in [-0.3, -0.25) is 4.90 Å². The van der Waals surface area contributed by atoms with E-state index >= 15 is 0 Å². The molecule has 9 heteroatoms. The van der Waals surface area contributed by atoms with Gasteiger partial charge in [0.05, 0.1) is 12.8 Å². The third-order valence-corrected chi connectivity index (χ3v) is 5.81. The summed E-state index contributed by atoms with van der Waals surface area (Å²) in [5.41, 5.74) is 1.21. The molecular weight excluding hydrogens is 631 g/mol. The van der Waals surface area contributed by atoms with E-state index < -0.39 is 0 Å². The van der Waals surface area contributed by atoms with Gasteiger partial charge in [-0.2, -0.15) is 17.3 Å². The molecule has 1 fully saturated rings. The van der Waals surface area contributed by atoms with Crippen molar-refractivity contribution in [3.63, 3.8) is 0 Å². The third-order valence-electron chi connectivity index (χ3n) is 5.26. The number of unbranched alkanes of at least 4 members (excludes halogenated alkanes) is 2. The molecule has 0 saturated carbocycles. The average Bonchev–Trinajstić information content (AvgIpc) is 2.80. The topological polar surface area (TPSA) is 23.3 Å². The van der Waals surface area contributed by atoms with Gasteiger partial charge in [0.2, 0.25) is 6.54 Å². The number of piperazine rings is 1. The molecule has 0 bridgehead atoms. The van der Waals surface area contributed by atoms with E-state index in [0.29, 0.717) is 6.54 Å². The van der Waals surface area contributed by atoms with Gasteiger partial charge in [-0.05, 0) is 51.2 Å². The van der Waals surface area contributed by atoms with Crippen LogP contribution in [-0.2, 0) is 58.3 Å². The van der Waals surface area contributed by atoms with Crippen LogP contribution in [0.25, 0.3) is 4.85 Å². The second-order valence-corrected chi connectivity index (χ2v) is 8.62. The predicted octanol–water partition coefficient (Wildman–Crippen LogP) is 2.83. The Morgan fingerprint density at radius 2 is 1.53 bits per heavy atom. The summed E-state index contributed by atoms with van der Waals surface area (Å²) in [5.74, 6) is 3.31. The first-order valence-electron chi connectivity index (χ1n) is 11.1. The number of para-hydroxylation sites is 2. The Labute approximate surface area is 226 Å². The maximum Gasteiger partial charge on any atom is 0.214 e. The maximum absolute atomic E-state index is 6.77. The molecule has 0 aliphatic carbocycles. The molecule has 1 aromatic carbocycles. The van der Waals surface area contributed by atoms with Crippen LogP contribution in [0.4, 0.5) is 5.69 Å². The molecule has 0 unspecified atom stereocenters. The Kier molecular flexibility index (Phi) is 21.4. The Balaban J connectivity index is 0.000000747. The number of anilines is 1. The summed E-state index contributed by atoms with van der Waals surface area (Å²) in [7, 11) is 1.73. The number of hydrogen-bond acceptors (Lipinski definition) is 7. The Hall–Kier alpha value is -0.0577. The van der Waals surface area contributed by atoms with Gasteiger partial charge in [-0.15, -0.1) is 0 Å². The first-order valence-corrected chi connectivity index (χ1v) is 12.8. The molecule has 2 rings (SSSR count). The molecule has 0 aromatic heterocycles. The van der Waals surface area contributed by atoms with E-state index in [2.05, 4.69) is 31.7 Å². The molecule has 183 valence electrons. The van der Waals surface area contributed by atoms with Crippen LogP contribution in [0.5, 0.6) is 5.75 Å². The molecule has 32 heavy (non-hydrogen) atoms. The van der Waals surface area contributed by atoms with Crippen molar-refractivity contribution in [2.45, 2.75) is 19.3 Å². The molecule has 0 N–H and O–H groups in total. The van der Waals surface area contributed by atoms with Gasteiger partial charge in [0.15, 0.2) is 0 Å². The molecule has 1 aliphatic heterocycles. The first-order chi connectivity index (χ1) is 15.2. The summed E-state index contributed by atoms with van der Waals surface area (Å²) >= 11 is 14.5. The van der Waals surface area contributed by atoms with Gasteiger partial charge in [0.1, 0.15) is 5.75 Å². The molecule has 1 heterocycles. The van der Waals surface area contributed by atoms with Gasteiger partial charge in [0.25, 0.3) is 0 Å². The molecular formula is C23H37N4OReS3-3. The van der Waals surface area contributed by atoms with Gasteiger partial charge < -0.3 is 57.3 Å². The second kappa shape index (κ2) is 21.5. The van der Waals surface area contributed by atoms with Gasteiger partial charge >= 0.3 is 0 Å². The van der Waals surface area contributed by atoms with Crippen molar-refractivity contribution in [3.05, 3.63) is 35.7 Å². The summed E-state index contributed by atoms with van der Waals surface area (Å²) in [5, 5.41) is 0. The van der Waals surface area contributed by atoms with Crippen molar-refractivity contribution < 1.29 is 25.2 Å². The fourth-order valence-corrected chi connectivity index (χ4v) is 4.30. The Morgan fingerprint density at radius 3 is 2.06 bits per heavy atom. The van der Waals surface area contributed by atoms with Gasteiger partial charge in [-0.25, -0.2) is 6.57 Å². The van der Waals surface area contributed by atoms with Crippen molar-refractivity contribution in [2.75, 3.05) is 88.2 Å². The fourth-order valence-electron chi connectivity index (χ4n) is 3.53. The maximum atomic E-state index is 6.77. The third kappa shape index (κ3) is 13.6. The van der Waals surface area contributed by atoms with Crippen LogP contribution in [0.3, 0.4) is 0 Å². The van der Waals surface area contributed by atoms with E-state index in [-0.39, 0.29) is 20.4 Å². The predicted molar refractivity (Wildman–Crippen MR) is 140 cm³/mol. The van der Waals surface area contributed by atoms with E-state index in [4.69, 9.17) is 49.2 Å². The number of ether oxygens (including phenoxy) is 1. The van der Waals surface area contributed by atoms with E-state index in [9.17, 15) is 0 Å². The Morgan fingerprint density at radius 1 is 0.938 bits per heavy atom. The second-order valence-electron chi connectivity index (χ2n) is 7.40. The molecule has 1 saturated heterocycles. The molecule has 0 amide bonds. The zero-order valence-corrected chi connectivity index (χ0v) is 24.4. The Bertz CT molecular complexity index is 599. The van der Waals surface area contributed by atoms with E-state index in [1.54, 1.807) is 7.11 Å². The SMILES string of the molecule is [C-]#[N+]CCCCCN1CCN(c2ccccc2OC)CC1.[Re].[S-]CCN(CC[S-])CC[S-]. The minimum absolute atomic E-state index is 0. The monoisotopic (exact) mass is 668 g/mol. The molecule has 0 spiro atoms. The van der Waals surface area contributed by atoms with Crippen molar-refractivity contribution in [2.24, 2.45) is 0 Å². The van der Waals surface area contributed by atoms with Crippen molar-refractivity contribution >= 4 is 43.6 Å². The largest absolute Gasteiger partial charge is 0.791 e. The van der Waals surface area contributed by atoms with Gasteiger partial charge in [0, 0.05) is 53.0 Å². The molecule has 1 aromatic rings. The zero-order valence-electron chi connectivity index (χ0n) is 19.2. The normalized spacial score (nSPS) is 13.7. The van der Waals surface area contributed by atoms with Crippen LogP contribution in [0.1, 0.15) is 19.3 Å². The summed E-state index contributed by atoms with van der Waals surface area (Å²) < 4.78 is 5.45. The van der Waals surface area contributed by atoms with Crippen LogP contribution in [0.15, 0.2) is 24.3 Å². The summed E-state index contributed by atoms with van der Waals surface area (Å²) in [6, 6.07) is 8.25. The van der Waals surface area contributed by atoms with Gasteiger partial charge in [-0.1, -0.05) is 12.1 Å². The summed E-state index contributed by atoms with van der Waals surface area (Å²) in [6.07, 6.45) is 3.43. The van der Waals surface area contributed by atoms with Crippen LogP contribution >= 0.6 is 0 Å². The molecule has 5 nitrogen and oxygen atoms in total. The summed E-state index contributed by atoms with van der Waals surface area (Å²) in [4.78, 5) is 10.6. The van der Waals surface area contributed by atoms with E-state index in [0.717, 1.165) is 81.8 Å². The fraction of sp³-hybridized carbons (Fsp3) is 0.696. The minimum atomic E-state index is 0. The zero-order chi connectivity index (χ0) is 22.7. The van der Waals surface area contributed by atoms with Crippen molar-refractivity contribution in [3.8, 4) is 5.75 Å². The van der Waals surface area contributed by atoms with E-state index in [1.807, 2.05) is 12.1 Å². The van der Waals surface area contributed by atoms with Crippen LogP contribution in [0.2, 0.25) is 0 Å². The number of hydrogen-bond donors (Lipinski definition) is 0. The van der Waals surface area contributed by atoms with Crippen molar-refractivity contribution in [1.29, 1.82) is 0 Å². The van der Waals surface area contributed by atoms with Crippen LogP contribution in [0, 0.1) is 6.57 Å². The molecule has 1 radical (unpaired) electrons. The molecule has 1 aliphatic rings. The quantitative estimate of drug-likeness (QED) is 0.181. The number of nitrogens with zero attached hydrogens (tertiary/aromatic N) is 4. The minimum Gasteiger partial charge on any atom is -0.791 e. The first kappa shape index (κ1) is 31.9.